The van der Waals surface area contributed by atoms with Gasteiger partial charge in [-0.25, -0.2) is 9.97 Å². The van der Waals surface area contributed by atoms with Gasteiger partial charge in [-0.05, 0) is 37.5 Å². The number of aromatic nitrogens is 3. The van der Waals surface area contributed by atoms with Crippen LogP contribution in [-0.4, -0.2) is 15.0 Å². The Morgan fingerprint density at radius 1 is 0.944 bits per heavy atom. The summed E-state index contributed by atoms with van der Waals surface area (Å²) in [5.74, 6) is 0.752. The van der Waals surface area contributed by atoms with Crippen LogP contribution in [0.25, 0.3) is 11.4 Å². The number of hydrogen-bond donors (Lipinski definition) is 0. The first-order valence-corrected chi connectivity index (χ1v) is 6.53. The Morgan fingerprint density at radius 2 is 1.72 bits per heavy atom. The molecule has 0 amide bonds. The van der Waals surface area contributed by atoms with Crippen LogP contribution in [-0.2, 0) is 6.42 Å². The van der Waals surface area contributed by atoms with Crippen molar-refractivity contribution in [2.24, 2.45) is 0 Å². The van der Waals surface area contributed by atoms with Crippen LogP contribution in [0.1, 0.15) is 37.4 Å². The largest absolute Gasteiger partial charge is 0.261 e. The van der Waals surface area contributed by atoms with Gasteiger partial charge in [0.1, 0.15) is 0 Å². The summed E-state index contributed by atoms with van der Waals surface area (Å²) in [6, 6.07) is 3.99. The highest BCUT2D eigenvalue weighted by Crippen LogP contribution is 2.14. The first-order chi connectivity index (χ1) is 8.79. The molecule has 0 fully saturated rings. The zero-order valence-corrected chi connectivity index (χ0v) is 11.1. The molecular weight excluding hydrogens is 222 g/mol. The lowest BCUT2D eigenvalue weighted by molar-refractivity contribution is 0.714. The van der Waals surface area contributed by atoms with Crippen molar-refractivity contribution >= 4 is 0 Å². The zero-order chi connectivity index (χ0) is 12.8. The van der Waals surface area contributed by atoms with Crippen molar-refractivity contribution in [2.45, 2.75) is 39.5 Å². The molecule has 0 aliphatic carbocycles. The van der Waals surface area contributed by atoms with Gasteiger partial charge >= 0.3 is 0 Å². The Morgan fingerprint density at radius 3 is 2.33 bits per heavy atom. The van der Waals surface area contributed by atoms with Gasteiger partial charge in [-0.2, -0.15) is 0 Å². The van der Waals surface area contributed by atoms with Gasteiger partial charge in [0.15, 0.2) is 5.82 Å². The fourth-order valence-electron chi connectivity index (χ4n) is 1.81. The number of rotatable bonds is 5. The van der Waals surface area contributed by atoms with E-state index in [2.05, 4.69) is 21.9 Å². The molecule has 94 valence electrons. The second-order valence-corrected chi connectivity index (χ2v) is 4.56. The Bertz CT molecular complexity index is 474. The molecule has 3 nitrogen and oxygen atoms in total. The van der Waals surface area contributed by atoms with E-state index in [-0.39, 0.29) is 0 Å². The molecule has 0 spiro atoms. The van der Waals surface area contributed by atoms with Crippen LogP contribution in [0.3, 0.4) is 0 Å². The molecule has 0 aliphatic heterocycles. The molecule has 2 aromatic heterocycles. The van der Waals surface area contributed by atoms with Crippen LogP contribution >= 0.6 is 0 Å². The monoisotopic (exact) mass is 241 g/mol. The predicted molar refractivity (Wildman–Crippen MR) is 73.2 cm³/mol. The second-order valence-electron chi connectivity index (χ2n) is 4.56. The predicted octanol–water partition coefficient (Wildman–Crippen LogP) is 3.58. The Hall–Kier alpha value is -1.77. The van der Waals surface area contributed by atoms with Gasteiger partial charge in [-0.3, -0.25) is 4.98 Å². The molecular formula is C15H19N3. The lowest BCUT2D eigenvalue weighted by atomic mass is 10.1. The molecule has 3 heteroatoms. The van der Waals surface area contributed by atoms with Crippen molar-refractivity contribution in [3.05, 3.63) is 42.0 Å². The highest BCUT2D eigenvalue weighted by molar-refractivity contribution is 5.52. The SMILES string of the molecule is CCCCCc1cnc(-c2ccc(C)nc2)nc1. The van der Waals surface area contributed by atoms with Gasteiger partial charge in [0.25, 0.3) is 0 Å². The van der Waals surface area contributed by atoms with E-state index >= 15 is 0 Å². The Labute approximate surface area is 108 Å². The molecule has 0 aromatic carbocycles. The van der Waals surface area contributed by atoms with Crippen molar-refractivity contribution in [3.63, 3.8) is 0 Å². The summed E-state index contributed by atoms with van der Waals surface area (Å²) in [6.45, 7) is 4.19. The quantitative estimate of drug-likeness (QED) is 0.751. The minimum atomic E-state index is 0.752. The van der Waals surface area contributed by atoms with Crippen LogP contribution in [0.5, 0.6) is 0 Å². The number of pyridine rings is 1. The zero-order valence-electron chi connectivity index (χ0n) is 11.1. The molecule has 2 rings (SSSR count). The minimum Gasteiger partial charge on any atom is -0.261 e. The second kappa shape index (κ2) is 6.24. The summed E-state index contributed by atoms with van der Waals surface area (Å²) in [4.78, 5) is 13.1. The van der Waals surface area contributed by atoms with Gasteiger partial charge in [0.05, 0.1) is 0 Å². The van der Waals surface area contributed by atoms with Crippen molar-refractivity contribution in [2.75, 3.05) is 0 Å². The van der Waals surface area contributed by atoms with E-state index in [1.54, 1.807) is 0 Å². The third-order valence-electron chi connectivity index (χ3n) is 2.94. The van der Waals surface area contributed by atoms with Crippen LogP contribution < -0.4 is 0 Å². The van der Waals surface area contributed by atoms with Crippen LogP contribution in [0.2, 0.25) is 0 Å². The van der Waals surface area contributed by atoms with Gasteiger partial charge in [-0.1, -0.05) is 19.8 Å². The lowest BCUT2D eigenvalue weighted by Gasteiger charge is -2.02. The number of unbranched alkanes of at least 4 members (excludes halogenated alkanes) is 2. The molecule has 0 saturated heterocycles. The first-order valence-electron chi connectivity index (χ1n) is 6.53. The fourth-order valence-corrected chi connectivity index (χ4v) is 1.81. The molecule has 0 atom stereocenters. The highest BCUT2D eigenvalue weighted by atomic mass is 14.9. The molecule has 0 unspecified atom stereocenters. The molecule has 0 aliphatic rings. The van der Waals surface area contributed by atoms with E-state index in [0.29, 0.717) is 0 Å². The highest BCUT2D eigenvalue weighted by Gasteiger charge is 2.01. The Kier molecular flexibility index (Phi) is 4.40. The van der Waals surface area contributed by atoms with Crippen LogP contribution in [0, 0.1) is 6.92 Å². The molecule has 2 aromatic rings. The van der Waals surface area contributed by atoms with Gasteiger partial charge in [0, 0.05) is 29.8 Å². The maximum atomic E-state index is 4.41. The molecule has 18 heavy (non-hydrogen) atoms. The van der Waals surface area contributed by atoms with Gasteiger partial charge < -0.3 is 0 Å². The van der Waals surface area contributed by atoms with Crippen LogP contribution in [0.4, 0.5) is 0 Å². The average Bonchev–Trinajstić information content (AvgIpc) is 2.41. The Balaban J connectivity index is 2.05. The van der Waals surface area contributed by atoms with Crippen molar-refractivity contribution in [1.82, 2.24) is 15.0 Å². The average molecular weight is 241 g/mol. The van der Waals surface area contributed by atoms with Crippen molar-refractivity contribution in [3.8, 4) is 11.4 Å². The normalized spacial score (nSPS) is 10.6. The molecule has 0 radical (unpaired) electrons. The molecule has 2 heterocycles. The number of hydrogen-bond acceptors (Lipinski definition) is 3. The number of aryl methyl sites for hydroxylation is 2. The fraction of sp³-hybridized carbons (Fsp3) is 0.400. The van der Waals surface area contributed by atoms with Gasteiger partial charge in [-0.15, -0.1) is 0 Å². The lowest BCUT2D eigenvalue weighted by Crippen LogP contribution is -1.93. The summed E-state index contributed by atoms with van der Waals surface area (Å²) in [5.41, 5.74) is 3.20. The van der Waals surface area contributed by atoms with E-state index in [0.717, 1.165) is 23.5 Å². The summed E-state index contributed by atoms with van der Waals surface area (Å²) in [6.07, 6.45) is 10.5. The minimum absolute atomic E-state index is 0.752. The smallest absolute Gasteiger partial charge is 0.160 e. The maximum Gasteiger partial charge on any atom is 0.160 e. The maximum absolute atomic E-state index is 4.41. The number of nitrogens with zero attached hydrogens (tertiary/aromatic N) is 3. The van der Waals surface area contributed by atoms with E-state index < -0.39 is 0 Å². The van der Waals surface area contributed by atoms with Crippen molar-refractivity contribution < 1.29 is 0 Å². The van der Waals surface area contributed by atoms with E-state index in [9.17, 15) is 0 Å². The van der Waals surface area contributed by atoms with Crippen LogP contribution in [0.15, 0.2) is 30.7 Å². The van der Waals surface area contributed by atoms with Crippen molar-refractivity contribution in [1.29, 1.82) is 0 Å². The summed E-state index contributed by atoms with van der Waals surface area (Å²) in [7, 11) is 0. The van der Waals surface area contributed by atoms with E-state index in [1.165, 1.54) is 24.8 Å². The van der Waals surface area contributed by atoms with E-state index in [4.69, 9.17) is 0 Å². The third kappa shape index (κ3) is 3.36. The first kappa shape index (κ1) is 12.7. The summed E-state index contributed by atoms with van der Waals surface area (Å²) < 4.78 is 0. The molecule has 0 bridgehead atoms. The topological polar surface area (TPSA) is 38.7 Å². The summed E-state index contributed by atoms with van der Waals surface area (Å²) >= 11 is 0. The standard InChI is InChI=1S/C15H19N3/c1-3-4-5-6-13-9-17-15(18-10-13)14-8-7-12(2)16-11-14/h7-11H,3-6H2,1-2H3. The molecule has 0 saturated carbocycles. The summed E-state index contributed by atoms with van der Waals surface area (Å²) in [5, 5.41) is 0. The molecule has 0 N–H and O–H groups in total. The van der Waals surface area contributed by atoms with E-state index in [1.807, 2.05) is 37.6 Å². The third-order valence-corrected chi connectivity index (χ3v) is 2.94. The van der Waals surface area contributed by atoms with Gasteiger partial charge in [0.2, 0.25) is 0 Å².